The van der Waals surface area contributed by atoms with E-state index in [0.29, 0.717) is 26.3 Å². The van der Waals surface area contributed by atoms with Crippen molar-refractivity contribution in [1.29, 1.82) is 0 Å². The molecule has 2 aromatic rings. The van der Waals surface area contributed by atoms with Crippen molar-refractivity contribution in [2.45, 2.75) is 0 Å². The lowest BCUT2D eigenvalue weighted by molar-refractivity contribution is 0.0697. The van der Waals surface area contributed by atoms with Crippen LogP contribution in [0.4, 0.5) is 0 Å². The molecule has 7 heteroatoms. The summed E-state index contributed by atoms with van der Waals surface area (Å²) < 4.78 is 0. The van der Waals surface area contributed by atoms with Crippen LogP contribution in [0.1, 0.15) is 10.4 Å². The molecule has 1 N–H and O–H groups in total. The summed E-state index contributed by atoms with van der Waals surface area (Å²) in [5.74, 6) is -1.11. The van der Waals surface area contributed by atoms with Gasteiger partial charge in [-0.3, -0.25) is 0 Å². The van der Waals surface area contributed by atoms with Crippen molar-refractivity contribution < 1.29 is 9.90 Å². The molecular weight excluding hydrogens is 332 g/mol. The van der Waals surface area contributed by atoms with E-state index in [1.807, 2.05) is 0 Å². The fourth-order valence-corrected chi connectivity index (χ4v) is 2.33. The minimum absolute atomic E-state index is 0.0112. The predicted octanol–water partition coefficient (Wildman–Crippen LogP) is 5.06. The van der Waals surface area contributed by atoms with Crippen LogP contribution in [0.25, 0.3) is 11.3 Å². The maximum absolute atomic E-state index is 11.0. The van der Waals surface area contributed by atoms with Crippen LogP contribution in [0, 0.1) is 0 Å². The topological polar surface area (TPSA) is 50.2 Å². The third-order valence-electron chi connectivity index (χ3n) is 2.33. The average molecular weight is 337 g/mol. The molecule has 0 amide bonds. The maximum Gasteiger partial charge on any atom is 0.335 e. The molecule has 1 aromatic heterocycles. The number of pyridine rings is 1. The Balaban J connectivity index is 2.65. The van der Waals surface area contributed by atoms with E-state index in [4.69, 9.17) is 51.5 Å². The lowest BCUT2D eigenvalue weighted by atomic mass is 10.1. The number of aromatic nitrogens is 1. The van der Waals surface area contributed by atoms with E-state index in [1.54, 1.807) is 0 Å². The third kappa shape index (κ3) is 3.12. The lowest BCUT2D eigenvalue weighted by Gasteiger charge is -2.07. The van der Waals surface area contributed by atoms with E-state index in [0.717, 1.165) is 0 Å². The fourth-order valence-electron chi connectivity index (χ4n) is 1.48. The van der Waals surface area contributed by atoms with Gasteiger partial charge in [-0.05, 0) is 24.3 Å². The Morgan fingerprint density at radius 1 is 0.947 bits per heavy atom. The molecule has 0 saturated heterocycles. The molecule has 2 rings (SSSR count). The largest absolute Gasteiger partial charge is 0.478 e. The zero-order chi connectivity index (χ0) is 14.2. The number of hydrogen-bond acceptors (Lipinski definition) is 2. The normalized spacial score (nSPS) is 10.5. The zero-order valence-corrected chi connectivity index (χ0v) is 12.1. The average Bonchev–Trinajstić information content (AvgIpc) is 2.33. The standard InChI is InChI=1S/C12H5Cl4NO2/c13-7-4-9(15)8(14)3-6(7)10-1-5(12(18)19)2-11(16)17-10/h1-4H,(H,18,19). The number of halogens is 4. The molecule has 1 aromatic carbocycles. The highest BCUT2D eigenvalue weighted by atomic mass is 35.5. The molecule has 0 saturated carbocycles. The highest BCUT2D eigenvalue weighted by molar-refractivity contribution is 6.44. The molecule has 0 aliphatic heterocycles. The van der Waals surface area contributed by atoms with Gasteiger partial charge in [-0.1, -0.05) is 46.4 Å². The quantitative estimate of drug-likeness (QED) is 0.616. The Bertz CT molecular complexity index is 673. The van der Waals surface area contributed by atoms with E-state index >= 15 is 0 Å². The summed E-state index contributed by atoms with van der Waals surface area (Å²) in [5, 5.41) is 9.93. The Morgan fingerprint density at radius 3 is 2.21 bits per heavy atom. The molecule has 0 unspecified atom stereocenters. The van der Waals surface area contributed by atoms with E-state index in [2.05, 4.69) is 4.98 Å². The Labute approximate surface area is 128 Å². The van der Waals surface area contributed by atoms with Crippen molar-refractivity contribution in [3.8, 4) is 11.3 Å². The zero-order valence-electron chi connectivity index (χ0n) is 9.12. The van der Waals surface area contributed by atoms with E-state index < -0.39 is 5.97 Å². The first-order valence-electron chi connectivity index (χ1n) is 4.94. The molecule has 3 nitrogen and oxygen atoms in total. The molecule has 0 bridgehead atoms. The van der Waals surface area contributed by atoms with Crippen LogP contribution in [0.5, 0.6) is 0 Å². The first-order valence-corrected chi connectivity index (χ1v) is 6.45. The van der Waals surface area contributed by atoms with Crippen molar-refractivity contribution >= 4 is 52.4 Å². The second kappa shape index (κ2) is 5.55. The van der Waals surface area contributed by atoms with Crippen LogP contribution in [0.3, 0.4) is 0 Å². The first kappa shape index (κ1) is 14.4. The van der Waals surface area contributed by atoms with Crippen molar-refractivity contribution in [1.82, 2.24) is 4.98 Å². The van der Waals surface area contributed by atoms with Gasteiger partial charge in [0, 0.05) is 5.56 Å². The Kier molecular flexibility index (Phi) is 4.21. The monoisotopic (exact) mass is 335 g/mol. The number of benzene rings is 1. The second-order valence-corrected chi connectivity index (χ2v) is 5.22. The van der Waals surface area contributed by atoms with Gasteiger partial charge in [0.05, 0.1) is 26.3 Å². The van der Waals surface area contributed by atoms with E-state index in [1.165, 1.54) is 24.3 Å². The molecular formula is C12H5Cl4NO2. The number of carboxylic acid groups (broad SMARTS) is 1. The van der Waals surface area contributed by atoms with Crippen molar-refractivity contribution in [2.24, 2.45) is 0 Å². The number of aromatic carboxylic acids is 1. The summed E-state index contributed by atoms with van der Waals surface area (Å²) in [6, 6.07) is 5.58. The van der Waals surface area contributed by atoms with Crippen molar-refractivity contribution in [3.05, 3.63) is 50.0 Å². The van der Waals surface area contributed by atoms with Gasteiger partial charge in [0.25, 0.3) is 0 Å². The summed E-state index contributed by atoms with van der Waals surface area (Å²) >= 11 is 23.6. The van der Waals surface area contributed by atoms with Crippen molar-refractivity contribution in [2.75, 3.05) is 0 Å². The minimum atomic E-state index is -1.11. The molecule has 0 spiro atoms. The Hall–Kier alpha value is -1.000. The number of carbonyl (C=O) groups is 1. The van der Waals surface area contributed by atoms with E-state index in [-0.39, 0.29) is 10.7 Å². The van der Waals surface area contributed by atoms with Gasteiger partial charge in [-0.25, -0.2) is 9.78 Å². The summed E-state index contributed by atoms with van der Waals surface area (Å²) in [7, 11) is 0. The van der Waals surface area contributed by atoms with E-state index in [9.17, 15) is 4.79 Å². The second-order valence-electron chi connectivity index (χ2n) is 3.62. The third-order valence-corrected chi connectivity index (χ3v) is 3.56. The van der Waals surface area contributed by atoms with Gasteiger partial charge in [-0.2, -0.15) is 0 Å². The van der Waals surface area contributed by atoms with Crippen molar-refractivity contribution in [3.63, 3.8) is 0 Å². The SMILES string of the molecule is O=C(O)c1cc(Cl)nc(-c2cc(Cl)c(Cl)cc2Cl)c1. The van der Waals surface area contributed by atoms with Crippen LogP contribution < -0.4 is 0 Å². The molecule has 0 atom stereocenters. The van der Waals surface area contributed by atoms with Gasteiger partial charge >= 0.3 is 5.97 Å². The molecule has 0 fully saturated rings. The number of carboxylic acids is 1. The molecule has 0 radical (unpaired) electrons. The smallest absolute Gasteiger partial charge is 0.335 e. The predicted molar refractivity (Wildman–Crippen MR) is 76.7 cm³/mol. The van der Waals surface area contributed by atoms with Gasteiger partial charge in [0.15, 0.2) is 0 Å². The highest BCUT2D eigenvalue weighted by Gasteiger charge is 2.13. The molecule has 98 valence electrons. The van der Waals surface area contributed by atoms with Gasteiger partial charge in [0.2, 0.25) is 0 Å². The van der Waals surface area contributed by atoms with Crippen LogP contribution in [0.2, 0.25) is 20.2 Å². The summed E-state index contributed by atoms with van der Waals surface area (Å²) in [4.78, 5) is 15.0. The highest BCUT2D eigenvalue weighted by Crippen LogP contribution is 2.35. The summed E-state index contributed by atoms with van der Waals surface area (Å²) in [5.41, 5.74) is 0.784. The lowest BCUT2D eigenvalue weighted by Crippen LogP contribution is -1.98. The number of rotatable bonds is 2. The van der Waals surface area contributed by atoms with Crippen LogP contribution in [0.15, 0.2) is 24.3 Å². The molecule has 19 heavy (non-hydrogen) atoms. The molecule has 1 heterocycles. The van der Waals surface area contributed by atoms with Gasteiger partial charge < -0.3 is 5.11 Å². The van der Waals surface area contributed by atoms with Crippen LogP contribution in [-0.4, -0.2) is 16.1 Å². The Morgan fingerprint density at radius 2 is 1.58 bits per heavy atom. The maximum atomic E-state index is 11.0. The van der Waals surface area contributed by atoms with Gasteiger partial charge in [-0.15, -0.1) is 0 Å². The fraction of sp³-hybridized carbons (Fsp3) is 0. The summed E-state index contributed by atoms with van der Waals surface area (Å²) in [6.07, 6.45) is 0. The number of hydrogen-bond donors (Lipinski definition) is 1. The van der Waals surface area contributed by atoms with Crippen LogP contribution in [-0.2, 0) is 0 Å². The first-order chi connectivity index (χ1) is 8.88. The molecule has 0 aliphatic rings. The minimum Gasteiger partial charge on any atom is -0.478 e. The molecule has 0 aliphatic carbocycles. The summed E-state index contributed by atoms with van der Waals surface area (Å²) in [6.45, 7) is 0. The number of nitrogens with zero attached hydrogens (tertiary/aromatic N) is 1. The van der Waals surface area contributed by atoms with Gasteiger partial charge in [0.1, 0.15) is 5.15 Å². The van der Waals surface area contributed by atoms with Crippen LogP contribution >= 0.6 is 46.4 Å².